The van der Waals surface area contributed by atoms with Crippen molar-refractivity contribution in [3.63, 3.8) is 0 Å². The Morgan fingerprint density at radius 3 is 2.64 bits per heavy atom. The van der Waals surface area contributed by atoms with E-state index in [1.54, 1.807) is 0 Å². The Morgan fingerprint density at radius 1 is 1.55 bits per heavy atom. The molecule has 2 nitrogen and oxygen atoms in total. The second-order valence-corrected chi connectivity index (χ2v) is 3.48. The average molecular weight is 156 g/mol. The smallest absolute Gasteiger partial charge is 0.309 e. The Kier molecular flexibility index (Phi) is 2.53. The summed E-state index contributed by atoms with van der Waals surface area (Å²) in [7, 11) is 0. The molecule has 0 aromatic carbocycles. The van der Waals surface area contributed by atoms with Gasteiger partial charge in [-0.25, -0.2) is 0 Å². The third-order valence-electron chi connectivity index (χ3n) is 2.45. The first kappa shape index (κ1) is 8.57. The fourth-order valence-electron chi connectivity index (χ4n) is 1.82. The van der Waals surface area contributed by atoms with Crippen LogP contribution in [0.2, 0.25) is 0 Å². The summed E-state index contributed by atoms with van der Waals surface area (Å²) in [6.45, 7) is 6.13. The van der Waals surface area contributed by atoms with E-state index in [0.29, 0.717) is 5.92 Å². The number of esters is 1. The Morgan fingerprint density at radius 2 is 2.18 bits per heavy atom. The van der Waals surface area contributed by atoms with E-state index in [4.69, 9.17) is 4.74 Å². The Bertz CT molecular complexity index is 154. The zero-order chi connectivity index (χ0) is 8.43. The van der Waals surface area contributed by atoms with Gasteiger partial charge in [-0.2, -0.15) is 0 Å². The van der Waals surface area contributed by atoms with Gasteiger partial charge < -0.3 is 4.74 Å². The van der Waals surface area contributed by atoms with Gasteiger partial charge in [-0.15, -0.1) is 0 Å². The molecule has 3 unspecified atom stereocenters. The van der Waals surface area contributed by atoms with Gasteiger partial charge in [0.15, 0.2) is 0 Å². The highest BCUT2D eigenvalue weighted by Gasteiger charge is 2.32. The predicted octanol–water partition coefficient (Wildman–Crippen LogP) is 1.98. The number of carbonyl (C=O) groups excluding carboxylic acids is 1. The molecular weight excluding hydrogens is 140 g/mol. The summed E-state index contributed by atoms with van der Waals surface area (Å²) in [6, 6.07) is 0. The Balaban J connectivity index is 2.59. The number of carbonyl (C=O) groups is 1. The molecule has 0 aromatic rings. The molecule has 0 saturated carbocycles. The summed E-state index contributed by atoms with van der Waals surface area (Å²) >= 11 is 0. The molecule has 0 amide bonds. The molecule has 0 spiro atoms. The molecule has 1 saturated heterocycles. The highest BCUT2D eigenvalue weighted by Crippen LogP contribution is 2.28. The number of hydrogen-bond acceptors (Lipinski definition) is 2. The standard InChI is InChI=1S/C9H16O2/c1-4-8-6(2)5-7(3)11-9(8)10/h6-8H,4-5H2,1-3H3. The summed E-state index contributed by atoms with van der Waals surface area (Å²) < 4.78 is 5.12. The molecule has 0 N–H and O–H groups in total. The van der Waals surface area contributed by atoms with E-state index >= 15 is 0 Å². The molecule has 0 aromatic heterocycles. The van der Waals surface area contributed by atoms with Crippen molar-refractivity contribution in [2.24, 2.45) is 11.8 Å². The highest BCUT2D eigenvalue weighted by molar-refractivity contribution is 5.73. The van der Waals surface area contributed by atoms with Gasteiger partial charge in [0.05, 0.1) is 12.0 Å². The van der Waals surface area contributed by atoms with Crippen molar-refractivity contribution in [1.29, 1.82) is 0 Å². The fraction of sp³-hybridized carbons (Fsp3) is 0.889. The van der Waals surface area contributed by atoms with E-state index in [-0.39, 0.29) is 18.0 Å². The zero-order valence-corrected chi connectivity index (χ0v) is 7.46. The van der Waals surface area contributed by atoms with Crippen molar-refractivity contribution in [2.45, 2.75) is 39.7 Å². The molecule has 1 aliphatic rings. The first-order valence-corrected chi connectivity index (χ1v) is 4.35. The second-order valence-electron chi connectivity index (χ2n) is 3.48. The van der Waals surface area contributed by atoms with Crippen LogP contribution in [-0.2, 0) is 9.53 Å². The molecule has 1 heterocycles. The van der Waals surface area contributed by atoms with Crippen molar-refractivity contribution in [1.82, 2.24) is 0 Å². The average Bonchev–Trinajstić information content (AvgIpc) is 1.85. The van der Waals surface area contributed by atoms with Gasteiger partial charge in [-0.1, -0.05) is 13.8 Å². The number of cyclic esters (lactones) is 1. The summed E-state index contributed by atoms with van der Waals surface area (Å²) in [4.78, 5) is 11.2. The third kappa shape index (κ3) is 1.73. The van der Waals surface area contributed by atoms with Crippen LogP contribution >= 0.6 is 0 Å². The summed E-state index contributed by atoms with van der Waals surface area (Å²) in [5.74, 6) is 0.640. The molecule has 64 valence electrons. The molecule has 2 heteroatoms. The van der Waals surface area contributed by atoms with Gasteiger partial charge in [0.1, 0.15) is 0 Å². The first-order chi connectivity index (χ1) is 5.15. The van der Waals surface area contributed by atoms with Crippen molar-refractivity contribution in [3.05, 3.63) is 0 Å². The van der Waals surface area contributed by atoms with Crippen LogP contribution in [0.3, 0.4) is 0 Å². The van der Waals surface area contributed by atoms with Crippen LogP contribution in [0.1, 0.15) is 33.6 Å². The van der Waals surface area contributed by atoms with Gasteiger partial charge in [0, 0.05) is 0 Å². The van der Waals surface area contributed by atoms with E-state index in [9.17, 15) is 4.79 Å². The minimum Gasteiger partial charge on any atom is -0.462 e. The summed E-state index contributed by atoms with van der Waals surface area (Å²) in [5, 5.41) is 0. The molecule has 0 aliphatic carbocycles. The largest absolute Gasteiger partial charge is 0.462 e. The van der Waals surface area contributed by atoms with Crippen LogP contribution in [-0.4, -0.2) is 12.1 Å². The van der Waals surface area contributed by atoms with Crippen molar-refractivity contribution in [3.8, 4) is 0 Å². The molecule has 1 aliphatic heterocycles. The maximum Gasteiger partial charge on any atom is 0.309 e. The molecule has 0 bridgehead atoms. The van der Waals surface area contributed by atoms with Crippen molar-refractivity contribution < 1.29 is 9.53 Å². The molecular formula is C9H16O2. The van der Waals surface area contributed by atoms with E-state index in [1.165, 1.54) is 0 Å². The van der Waals surface area contributed by atoms with Crippen LogP contribution in [0, 0.1) is 11.8 Å². The van der Waals surface area contributed by atoms with Crippen LogP contribution in [0.4, 0.5) is 0 Å². The lowest BCUT2D eigenvalue weighted by Gasteiger charge is -2.30. The molecule has 11 heavy (non-hydrogen) atoms. The maximum absolute atomic E-state index is 11.2. The van der Waals surface area contributed by atoms with Gasteiger partial charge in [0.25, 0.3) is 0 Å². The topological polar surface area (TPSA) is 26.3 Å². The Hall–Kier alpha value is -0.530. The molecule has 1 rings (SSSR count). The van der Waals surface area contributed by atoms with Crippen LogP contribution in [0.15, 0.2) is 0 Å². The Labute approximate surface area is 67.9 Å². The van der Waals surface area contributed by atoms with Gasteiger partial charge in [0.2, 0.25) is 0 Å². The van der Waals surface area contributed by atoms with E-state index < -0.39 is 0 Å². The number of hydrogen-bond donors (Lipinski definition) is 0. The van der Waals surface area contributed by atoms with Crippen molar-refractivity contribution >= 4 is 5.97 Å². The fourth-order valence-corrected chi connectivity index (χ4v) is 1.82. The lowest BCUT2D eigenvalue weighted by Crippen LogP contribution is -2.34. The van der Waals surface area contributed by atoms with E-state index in [1.807, 2.05) is 13.8 Å². The first-order valence-electron chi connectivity index (χ1n) is 4.35. The van der Waals surface area contributed by atoms with Crippen LogP contribution in [0.5, 0.6) is 0 Å². The van der Waals surface area contributed by atoms with E-state index in [2.05, 4.69) is 6.92 Å². The lowest BCUT2D eigenvalue weighted by molar-refractivity contribution is -0.163. The lowest BCUT2D eigenvalue weighted by atomic mass is 9.85. The monoisotopic (exact) mass is 156 g/mol. The van der Waals surface area contributed by atoms with Crippen LogP contribution < -0.4 is 0 Å². The summed E-state index contributed by atoms with van der Waals surface area (Å²) in [5.41, 5.74) is 0. The molecule has 1 fully saturated rings. The minimum atomic E-state index is -0.00116. The third-order valence-corrected chi connectivity index (χ3v) is 2.45. The number of rotatable bonds is 1. The minimum absolute atomic E-state index is 0.00116. The molecule has 0 radical (unpaired) electrons. The zero-order valence-electron chi connectivity index (χ0n) is 7.46. The second kappa shape index (κ2) is 3.24. The van der Waals surface area contributed by atoms with Crippen molar-refractivity contribution in [2.75, 3.05) is 0 Å². The van der Waals surface area contributed by atoms with Gasteiger partial charge in [-0.3, -0.25) is 4.79 Å². The summed E-state index contributed by atoms with van der Waals surface area (Å²) in [6.07, 6.45) is 2.05. The van der Waals surface area contributed by atoms with Gasteiger partial charge >= 0.3 is 5.97 Å². The highest BCUT2D eigenvalue weighted by atomic mass is 16.5. The van der Waals surface area contributed by atoms with Gasteiger partial charge in [-0.05, 0) is 25.7 Å². The predicted molar refractivity (Wildman–Crippen MR) is 43.1 cm³/mol. The normalized spacial score (nSPS) is 38.5. The molecule has 3 atom stereocenters. The van der Waals surface area contributed by atoms with Crippen LogP contribution in [0.25, 0.3) is 0 Å². The van der Waals surface area contributed by atoms with E-state index in [0.717, 1.165) is 12.8 Å². The number of ether oxygens (including phenoxy) is 1. The quantitative estimate of drug-likeness (QED) is 0.543. The SMILES string of the molecule is CCC1C(=O)OC(C)CC1C. The maximum atomic E-state index is 11.2.